The number of primary amides is 1. The van der Waals surface area contributed by atoms with Gasteiger partial charge in [0.05, 0.1) is 0 Å². The van der Waals surface area contributed by atoms with Crippen LogP contribution in [0.1, 0.15) is 0 Å². The number of hydrogen-bond acceptors (Lipinski definition) is 2. The molecule has 0 aromatic carbocycles. The van der Waals surface area contributed by atoms with Crippen molar-refractivity contribution >= 4 is 11.9 Å². The molecular weight excluding hydrogens is 239 g/mol. The number of halogens is 7. The van der Waals surface area contributed by atoms with Crippen molar-refractivity contribution in [3.8, 4) is 0 Å². The van der Waals surface area contributed by atoms with Gasteiger partial charge in [-0.3, -0.25) is 9.59 Å². The minimum atomic E-state index is -6.14. The van der Waals surface area contributed by atoms with Crippen LogP contribution in [-0.4, -0.2) is 30.7 Å². The Morgan fingerprint density at radius 3 is 1.33 bits per heavy atom. The summed E-state index contributed by atoms with van der Waals surface area (Å²) < 4.78 is 76.5. The molecule has 0 saturated carbocycles. The number of carbonyl (C=O) groups excluding carboxylic acids is 2. The third-order valence-corrected chi connectivity index (χ3v) is 0.735. The maximum Gasteiger partial charge on any atom is 0.464 e. The van der Waals surface area contributed by atoms with E-state index in [9.17, 15) is 35.5 Å². The molecule has 0 fully saturated rings. The third-order valence-electron chi connectivity index (χ3n) is 0.735. The summed E-state index contributed by atoms with van der Waals surface area (Å²) in [6, 6.07) is -3.69. The molecule has 0 aromatic heterocycles. The first-order chi connectivity index (χ1) is 6.46. The van der Waals surface area contributed by atoms with Crippen molar-refractivity contribution in [3.63, 3.8) is 0 Å². The van der Waals surface area contributed by atoms with Crippen LogP contribution in [0.15, 0.2) is 0 Å². The van der Waals surface area contributed by atoms with Crippen LogP contribution < -0.4 is 5.73 Å². The van der Waals surface area contributed by atoms with Crippen LogP contribution in [0, 0.1) is 0 Å². The molecule has 10 heteroatoms. The number of nitrogens with two attached hydrogens (primary N) is 1. The fraction of sp³-hybridized carbons (Fsp3) is 0.600. The maximum absolute atomic E-state index is 11.2. The highest BCUT2D eigenvalue weighted by molar-refractivity contribution is 5.77. The first-order valence-electron chi connectivity index (χ1n) is 2.95. The fourth-order valence-corrected chi connectivity index (χ4v) is 0.111. The van der Waals surface area contributed by atoms with Crippen LogP contribution in [0.25, 0.3) is 0 Å². The molecule has 0 bridgehead atoms. The largest absolute Gasteiger partial charge is 0.464 e. The van der Waals surface area contributed by atoms with Gasteiger partial charge in [-0.2, -0.15) is 26.3 Å². The van der Waals surface area contributed by atoms with Gasteiger partial charge in [-0.15, -0.1) is 0 Å². The second-order valence-electron chi connectivity index (χ2n) is 1.95. The summed E-state index contributed by atoms with van der Waals surface area (Å²) in [6.45, 7) is -1.06. The number of rotatable bonds is 2. The second-order valence-corrected chi connectivity index (χ2v) is 1.95. The SMILES string of the molecule is NC(=O)CF.O=C(F)C(F)(F)C(F)(F)F. The van der Waals surface area contributed by atoms with E-state index in [2.05, 4.69) is 5.73 Å². The standard InChI is InChI=1S/C3F6O.C2H4FNO/c4-1(10)2(5,6)3(7,8)9;3-1-2(4)5/h;1H2,(H2,4,5). The average Bonchev–Trinajstić information content (AvgIpc) is 2.03. The normalized spacial score (nSPS) is 11.4. The Labute approximate surface area is 78.0 Å². The maximum atomic E-state index is 11.2. The Balaban J connectivity index is 0. The van der Waals surface area contributed by atoms with Gasteiger partial charge in [0.15, 0.2) is 6.67 Å². The smallest absolute Gasteiger partial charge is 0.367 e. The molecule has 0 radical (unpaired) electrons. The Morgan fingerprint density at radius 1 is 1.07 bits per heavy atom. The fourth-order valence-electron chi connectivity index (χ4n) is 0.111. The van der Waals surface area contributed by atoms with Crippen molar-refractivity contribution in [2.75, 3.05) is 6.67 Å². The van der Waals surface area contributed by atoms with Gasteiger partial charge in [0.25, 0.3) is 0 Å². The number of alkyl halides is 6. The van der Waals surface area contributed by atoms with E-state index in [1.54, 1.807) is 0 Å². The molecule has 3 nitrogen and oxygen atoms in total. The predicted molar refractivity (Wildman–Crippen MR) is 32.3 cm³/mol. The van der Waals surface area contributed by atoms with Crippen LogP contribution in [0.5, 0.6) is 0 Å². The van der Waals surface area contributed by atoms with Gasteiger partial charge in [0.1, 0.15) is 0 Å². The van der Waals surface area contributed by atoms with E-state index in [1.165, 1.54) is 0 Å². The lowest BCUT2D eigenvalue weighted by Crippen LogP contribution is -2.41. The zero-order valence-electron chi connectivity index (χ0n) is 6.75. The first kappa shape index (κ1) is 16.1. The van der Waals surface area contributed by atoms with Crippen molar-refractivity contribution in [1.29, 1.82) is 0 Å². The molecule has 0 rings (SSSR count). The summed E-state index contributed by atoms with van der Waals surface area (Å²) in [4.78, 5) is 18.2. The monoisotopic (exact) mass is 243 g/mol. The van der Waals surface area contributed by atoms with E-state index in [0.29, 0.717) is 0 Å². The van der Waals surface area contributed by atoms with Crippen LogP contribution >= 0.6 is 0 Å². The molecule has 15 heavy (non-hydrogen) atoms. The van der Waals surface area contributed by atoms with E-state index < -0.39 is 30.7 Å². The van der Waals surface area contributed by atoms with E-state index in [1.807, 2.05) is 0 Å². The number of hydrogen-bond donors (Lipinski definition) is 1. The van der Waals surface area contributed by atoms with Gasteiger partial charge < -0.3 is 5.73 Å². The summed E-state index contributed by atoms with van der Waals surface area (Å²) in [5, 5.41) is 0. The Morgan fingerprint density at radius 2 is 1.33 bits per heavy atom. The summed E-state index contributed by atoms with van der Waals surface area (Å²) in [6.07, 6.45) is -6.14. The van der Waals surface area contributed by atoms with Gasteiger partial charge >= 0.3 is 18.1 Å². The average molecular weight is 243 g/mol. The van der Waals surface area contributed by atoms with Crippen molar-refractivity contribution < 1.29 is 40.3 Å². The van der Waals surface area contributed by atoms with Crippen LogP contribution in [0.4, 0.5) is 30.7 Å². The highest BCUT2D eigenvalue weighted by Gasteiger charge is 2.64. The van der Waals surface area contributed by atoms with Crippen molar-refractivity contribution in [3.05, 3.63) is 0 Å². The molecular formula is C5H4F7NO2. The lowest BCUT2D eigenvalue weighted by atomic mass is 10.3. The molecule has 1 amide bonds. The Kier molecular flexibility index (Phi) is 5.91. The second kappa shape index (κ2) is 5.51. The topological polar surface area (TPSA) is 60.2 Å². The number of amides is 1. The van der Waals surface area contributed by atoms with Crippen LogP contribution in [0.3, 0.4) is 0 Å². The summed E-state index contributed by atoms with van der Waals surface area (Å²) >= 11 is 0. The summed E-state index contributed by atoms with van der Waals surface area (Å²) in [7, 11) is 0. The van der Waals surface area contributed by atoms with Crippen molar-refractivity contribution in [1.82, 2.24) is 0 Å². The molecule has 0 unspecified atom stereocenters. The van der Waals surface area contributed by atoms with Gasteiger partial charge in [-0.05, 0) is 0 Å². The molecule has 0 aromatic rings. The van der Waals surface area contributed by atoms with Crippen LogP contribution in [0.2, 0.25) is 0 Å². The third kappa shape index (κ3) is 5.86. The minimum Gasteiger partial charge on any atom is -0.367 e. The van der Waals surface area contributed by atoms with Gasteiger partial charge in [-0.25, -0.2) is 4.39 Å². The minimum absolute atomic E-state index is 0.912. The van der Waals surface area contributed by atoms with E-state index in [0.717, 1.165) is 0 Å². The van der Waals surface area contributed by atoms with Crippen molar-refractivity contribution in [2.45, 2.75) is 12.1 Å². The zero-order chi connectivity index (χ0) is 12.9. The molecule has 0 aliphatic rings. The summed E-state index contributed by atoms with van der Waals surface area (Å²) in [5.74, 6) is -6.78. The van der Waals surface area contributed by atoms with Gasteiger partial charge in [-0.1, -0.05) is 0 Å². The Hall–Kier alpha value is -1.35. The highest BCUT2D eigenvalue weighted by atomic mass is 19.4. The molecule has 90 valence electrons. The molecule has 0 aliphatic carbocycles. The molecule has 0 aliphatic heterocycles. The molecule has 2 N–H and O–H groups in total. The molecule has 0 atom stereocenters. The molecule has 0 heterocycles. The Bertz CT molecular complexity index is 236. The molecule has 0 saturated heterocycles. The predicted octanol–water partition coefficient (Wildman–Crippen LogP) is 1.12. The lowest BCUT2D eigenvalue weighted by molar-refractivity contribution is -0.274. The first-order valence-corrected chi connectivity index (χ1v) is 2.95. The van der Waals surface area contributed by atoms with E-state index >= 15 is 0 Å². The zero-order valence-corrected chi connectivity index (χ0v) is 6.75. The van der Waals surface area contributed by atoms with Gasteiger partial charge in [0.2, 0.25) is 5.91 Å². The number of carbonyl (C=O) groups is 2. The quantitative estimate of drug-likeness (QED) is 0.583. The van der Waals surface area contributed by atoms with E-state index in [4.69, 9.17) is 4.79 Å². The molecule has 0 spiro atoms. The highest BCUT2D eigenvalue weighted by Crippen LogP contribution is 2.36. The van der Waals surface area contributed by atoms with E-state index in [-0.39, 0.29) is 0 Å². The lowest BCUT2D eigenvalue weighted by Gasteiger charge is -2.12. The van der Waals surface area contributed by atoms with Crippen molar-refractivity contribution in [2.24, 2.45) is 5.73 Å². The van der Waals surface area contributed by atoms with Gasteiger partial charge in [0, 0.05) is 0 Å². The summed E-state index contributed by atoms with van der Waals surface area (Å²) in [5.41, 5.74) is 4.28. The van der Waals surface area contributed by atoms with Crippen LogP contribution in [-0.2, 0) is 9.59 Å².